The fourth-order valence-corrected chi connectivity index (χ4v) is 1.91. The molecule has 4 nitrogen and oxygen atoms in total. The number of hydrogen-bond acceptors (Lipinski definition) is 3. The van der Waals surface area contributed by atoms with Gasteiger partial charge in [0.2, 0.25) is 0 Å². The van der Waals surface area contributed by atoms with Crippen molar-refractivity contribution in [1.82, 2.24) is 5.32 Å². The zero-order valence-electron chi connectivity index (χ0n) is 10.9. The minimum Gasteiger partial charge on any atom is -0.394 e. The van der Waals surface area contributed by atoms with Crippen LogP contribution in [0.3, 0.4) is 0 Å². The van der Waals surface area contributed by atoms with Crippen molar-refractivity contribution >= 4 is 23.5 Å². The maximum absolute atomic E-state index is 12.4. The van der Waals surface area contributed by atoms with Crippen LogP contribution in [-0.2, 0) is 0 Å². The van der Waals surface area contributed by atoms with E-state index in [9.17, 15) is 18.0 Å². The molecule has 2 amide bonds. The molecule has 0 aliphatic rings. The first kappa shape index (κ1) is 16.6. The number of halogens is 3. The zero-order valence-corrected chi connectivity index (χ0v) is 11.7. The number of hydrogen-bond donors (Lipinski definition) is 3. The first-order chi connectivity index (χ1) is 9.13. The van der Waals surface area contributed by atoms with Crippen LogP contribution in [0.2, 0.25) is 0 Å². The van der Waals surface area contributed by atoms with Gasteiger partial charge in [0.05, 0.1) is 17.8 Å². The van der Waals surface area contributed by atoms with Gasteiger partial charge in [0, 0.05) is 4.90 Å². The molecule has 1 rings (SSSR count). The minimum absolute atomic E-state index is 0.0565. The van der Waals surface area contributed by atoms with Gasteiger partial charge in [-0.2, -0.15) is 13.2 Å². The number of aliphatic hydroxyl groups excluding tert-OH is 1. The van der Waals surface area contributed by atoms with E-state index in [4.69, 9.17) is 5.11 Å². The molecule has 0 spiro atoms. The maximum Gasteiger partial charge on any atom is 0.446 e. The van der Waals surface area contributed by atoms with Crippen LogP contribution in [0, 0.1) is 0 Å². The van der Waals surface area contributed by atoms with E-state index in [-0.39, 0.29) is 29.0 Å². The van der Waals surface area contributed by atoms with E-state index in [1.807, 2.05) is 0 Å². The van der Waals surface area contributed by atoms with Crippen molar-refractivity contribution in [3.05, 3.63) is 24.3 Å². The second kappa shape index (κ2) is 6.36. The molecule has 0 atom stereocenters. The predicted molar refractivity (Wildman–Crippen MR) is 71.7 cm³/mol. The highest BCUT2D eigenvalue weighted by Crippen LogP contribution is 2.40. The van der Waals surface area contributed by atoms with Gasteiger partial charge < -0.3 is 15.7 Å². The third-order valence-corrected chi connectivity index (χ3v) is 3.02. The van der Waals surface area contributed by atoms with Gasteiger partial charge in [-0.15, -0.1) is 0 Å². The molecule has 8 heteroatoms. The monoisotopic (exact) mass is 308 g/mol. The van der Waals surface area contributed by atoms with Crippen molar-refractivity contribution in [1.29, 1.82) is 0 Å². The van der Waals surface area contributed by atoms with Crippen molar-refractivity contribution in [3.8, 4) is 0 Å². The maximum atomic E-state index is 12.4. The standard InChI is InChI=1S/C12H15F3N2O2S/c1-11(2,7-18)17-10(19)16-8-5-3-4-6-9(8)20-12(13,14)15/h3-6,18H,7H2,1-2H3,(H2,16,17,19). The van der Waals surface area contributed by atoms with Crippen LogP contribution in [0.1, 0.15) is 13.8 Å². The van der Waals surface area contributed by atoms with Crippen LogP contribution in [0.15, 0.2) is 29.2 Å². The Balaban J connectivity index is 2.80. The van der Waals surface area contributed by atoms with E-state index < -0.39 is 17.1 Å². The van der Waals surface area contributed by atoms with Crippen LogP contribution in [-0.4, -0.2) is 28.8 Å². The highest BCUT2D eigenvalue weighted by atomic mass is 32.2. The van der Waals surface area contributed by atoms with E-state index in [0.29, 0.717) is 0 Å². The number of anilines is 1. The summed E-state index contributed by atoms with van der Waals surface area (Å²) in [5.74, 6) is 0. The van der Waals surface area contributed by atoms with E-state index in [1.54, 1.807) is 13.8 Å². The van der Waals surface area contributed by atoms with E-state index >= 15 is 0 Å². The summed E-state index contributed by atoms with van der Waals surface area (Å²) in [5.41, 5.74) is -5.24. The van der Waals surface area contributed by atoms with Gasteiger partial charge in [0.15, 0.2) is 0 Å². The fourth-order valence-electron chi connectivity index (χ4n) is 1.28. The lowest BCUT2D eigenvalue weighted by atomic mass is 10.1. The Bertz CT molecular complexity index is 478. The third-order valence-electron chi connectivity index (χ3n) is 2.21. The van der Waals surface area contributed by atoms with Gasteiger partial charge in [0.25, 0.3) is 0 Å². The number of nitrogens with one attached hydrogen (secondary N) is 2. The molecular formula is C12H15F3N2O2S. The summed E-state index contributed by atoms with van der Waals surface area (Å²) in [6, 6.07) is 4.94. The predicted octanol–water partition coefficient (Wildman–Crippen LogP) is 3.19. The Kier molecular flexibility index (Phi) is 5.29. The molecular weight excluding hydrogens is 293 g/mol. The SMILES string of the molecule is CC(C)(CO)NC(=O)Nc1ccccc1SC(F)(F)F. The lowest BCUT2D eigenvalue weighted by Crippen LogP contribution is -2.48. The Morgan fingerprint density at radius 3 is 2.45 bits per heavy atom. The van der Waals surface area contributed by atoms with Gasteiger partial charge in [0.1, 0.15) is 0 Å². The molecule has 0 bridgehead atoms. The Labute approximate surface area is 118 Å². The first-order valence-electron chi connectivity index (χ1n) is 5.68. The minimum atomic E-state index is -4.43. The molecule has 1 aromatic rings. The van der Waals surface area contributed by atoms with Gasteiger partial charge >= 0.3 is 11.5 Å². The average molecular weight is 308 g/mol. The number of para-hydroxylation sites is 1. The van der Waals surface area contributed by atoms with Gasteiger partial charge in [-0.3, -0.25) is 0 Å². The van der Waals surface area contributed by atoms with Crippen LogP contribution in [0.25, 0.3) is 0 Å². The van der Waals surface area contributed by atoms with Gasteiger partial charge in [-0.25, -0.2) is 4.79 Å². The lowest BCUT2D eigenvalue weighted by Gasteiger charge is -2.24. The number of alkyl halides is 3. The first-order valence-corrected chi connectivity index (χ1v) is 6.49. The number of carbonyl (C=O) groups excluding carboxylic acids is 1. The Hall–Kier alpha value is -1.41. The summed E-state index contributed by atoms with van der Waals surface area (Å²) in [6.45, 7) is 2.88. The number of thioether (sulfide) groups is 1. The molecule has 112 valence electrons. The smallest absolute Gasteiger partial charge is 0.394 e. The molecule has 0 saturated heterocycles. The van der Waals surface area contributed by atoms with Crippen molar-refractivity contribution in [2.75, 3.05) is 11.9 Å². The van der Waals surface area contributed by atoms with Crippen LogP contribution in [0.5, 0.6) is 0 Å². The molecule has 20 heavy (non-hydrogen) atoms. The second-order valence-electron chi connectivity index (χ2n) is 4.67. The molecule has 0 aliphatic heterocycles. The highest BCUT2D eigenvalue weighted by Gasteiger charge is 2.30. The Morgan fingerprint density at radius 1 is 1.30 bits per heavy atom. The summed E-state index contributed by atoms with van der Waals surface area (Å²) in [5, 5.41) is 13.8. The zero-order chi connectivity index (χ0) is 15.4. The summed E-state index contributed by atoms with van der Waals surface area (Å²) in [6.07, 6.45) is 0. The van der Waals surface area contributed by atoms with E-state index in [0.717, 1.165) is 0 Å². The highest BCUT2D eigenvalue weighted by molar-refractivity contribution is 8.00. The summed E-state index contributed by atoms with van der Waals surface area (Å²) in [7, 11) is 0. The summed E-state index contributed by atoms with van der Waals surface area (Å²) >= 11 is -0.299. The molecule has 0 unspecified atom stereocenters. The quantitative estimate of drug-likeness (QED) is 0.749. The number of benzene rings is 1. The van der Waals surface area contributed by atoms with Crippen molar-refractivity contribution in [2.24, 2.45) is 0 Å². The van der Waals surface area contributed by atoms with E-state index in [2.05, 4.69) is 10.6 Å². The largest absolute Gasteiger partial charge is 0.446 e. The number of aliphatic hydroxyl groups is 1. The van der Waals surface area contributed by atoms with Crippen molar-refractivity contribution in [2.45, 2.75) is 29.8 Å². The molecule has 0 aliphatic carbocycles. The molecule has 0 radical (unpaired) electrons. The molecule has 0 aromatic heterocycles. The van der Waals surface area contributed by atoms with Crippen molar-refractivity contribution < 1.29 is 23.1 Å². The third kappa shape index (κ3) is 5.70. The number of carbonyl (C=O) groups is 1. The second-order valence-corrected chi connectivity index (χ2v) is 5.77. The molecule has 1 aromatic carbocycles. The van der Waals surface area contributed by atoms with E-state index in [1.165, 1.54) is 24.3 Å². The summed E-state index contributed by atoms with van der Waals surface area (Å²) < 4.78 is 37.2. The van der Waals surface area contributed by atoms with Crippen LogP contribution in [0.4, 0.5) is 23.7 Å². The van der Waals surface area contributed by atoms with Crippen molar-refractivity contribution in [3.63, 3.8) is 0 Å². The Morgan fingerprint density at radius 2 is 1.90 bits per heavy atom. The molecule has 0 heterocycles. The van der Waals surface area contributed by atoms with Gasteiger partial charge in [-0.1, -0.05) is 12.1 Å². The topological polar surface area (TPSA) is 61.4 Å². The summed E-state index contributed by atoms with van der Waals surface area (Å²) in [4.78, 5) is 11.6. The number of amides is 2. The molecule has 0 fully saturated rings. The lowest BCUT2D eigenvalue weighted by molar-refractivity contribution is -0.0328. The van der Waals surface area contributed by atoms with Crippen LogP contribution >= 0.6 is 11.8 Å². The normalized spacial score (nSPS) is 12.1. The molecule has 0 saturated carbocycles. The fraction of sp³-hybridized carbons (Fsp3) is 0.417. The number of rotatable bonds is 4. The molecule has 3 N–H and O–H groups in total. The average Bonchev–Trinajstić information content (AvgIpc) is 2.29. The number of urea groups is 1. The van der Waals surface area contributed by atoms with Crippen LogP contribution < -0.4 is 10.6 Å². The van der Waals surface area contributed by atoms with Gasteiger partial charge in [-0.05, 0) is 37.7 Å².